The Morgan fingerprint density at radius 3 is 2.74 bits per heavy atom. The van der Waals surface area contributed by atoms with E-state index in [1.54, 1.807) is 0 Å². The van der Waals surface area contributed by atoms with Gasteiger partial charge in [-0.05, 0) is 19.4 Å². The van der Waals surface area contributed by atoms with Gasteiger partial charge in [0.05, 0.1) is 18.4 Å². The summed E-state index contributed by atoms with van der Waals surface area (Å²) in [6.45, 7) is 2.82. The minimum Gasteiger partial charge on any atom is -0.494 e. The third-order valence-electron chi connectivity index (χ3n) is 3.17. The van der Waals surface area contributed by atoms with E-state index >= 15 is 0 Å². The lowest BCUT2D eigenvalue weighted by molar-refractivity contribution is -0.140. The monoisotopic (exact) mass is 263 g/mol. The van der Waals surface area contributed by atoms with Gasteiger partial charge in [-0.3, -0.25) is 9.59 Å². The molecule has 0 heterocycles. The van der Waals surface area contributed by atoms with Crippen LogP contribution in [0, 0.1) is 11.8 Å². The average Bonchev–Trinajstić information content (AvgIpc) is 3.18. The van der Waals surface area contributed by atoms with Crippen LogP contribution >= 0.6 is 0 Å². The molecule has 0 radical (unpaired) electrons. The normalized spacial score (nSPS) is 20.7. The van der Waals surface area contributed by atoms with Crippen LogP contribution in [0.2, 0.25) is 0 Å². The highest BCUT2D eigenvalue weighted by Crippen LogP contribution is 2.38. The molecule has 5 heteroatoms. The lowest BCUT2D eigenvalue weighted by Gasteiger charge is -2.10. The van der Waals surface area contributed by atoms with E-state index < -0.39 is 11.9 Å². The number of carboxylic acids is 1. The van der Waals surface area contributed by atoms with E-state index in [-0.39, 0.29) is 11.8 Å². The standard InChI is InChI=1S/C14H17NO4/c1-2-19-12-6-4-3-5-9(12)8-15-13(16)10-7-11(10)14(17)18/h3-6,10-11H,2,7-8H2,1H3,(H,15,16)(H,17,18)/t10-,11-/m1/s1. The Hall–Kier alpha value is -2.04. The van der Waals surface area contributed by atoms with Gasteiger partial charge in [0.25, 0.3) is 0 Å². The van der Waals surface area contributed by atoms with Crippen molar-refractivity contribution in [3.63, 3.8) is 0 Å². The summed E-state index contributed by atoms with van der Waals surface area (Å²) in [7, 11) is 0. The molecule has 2 atom stereocenters. The number of nitrogens with one attached hydrogen (secondary N) is 1. The Labute approximate surface area is 111 Å². The van der Waals surface area contributed by atoms with Gasteiger partial charge < -0.3 is 15.2 Å². The number of rotatable bonds is 6. The van der Waals surface area contributed by atoms with Crippen LogP contribution < -0.4 is 10.1 Å². The first-order chi connectivity index (χ1) is 9.13. The van der Waals surface area contributed by atoms with Crippen LogP contribution in [0.4, 0.5) is 0 Å². The second kappa shape index (κ2) is 5.73. The van der Waals surface area contributed by atoms with E-state index in [4.69, 9.17) is 9.84 Å². The molecular formula is C14H17NO4. The van der Waals surface area contributed by atoms with Crippen LogP contribution in [0.15, 0.2) is 24.3 Å². The molecule has 0 bridgehead atoms. The number of carbonyl (C=O) groups excluding carboxylic acids is 1. The van der Waals surface area contributed by atoms with Gasteiger partial charge >= 0.3 is 5.97 Å². The highest BCUT2D eigenvalue weighted by molar-refractivity contribution is 5.89. The van der Waals surface area contributed by atoms with Gasteiger partial charge in [-0.15, -0.1) is 0 Å². The maximum absolute atomic E-state index is 11.7. The molecule has 1 aliphatic carbocycles. The number of benzene rings is 1. The van der Waals surface area contributed by atoms with Crippen molar-refractivity contribution >= 4 is 11.9 Å². The number of carboxylic acid groups (broad SMARTS) is 1. The largest absolute Gasteiger partial charge is 0.494 e. The van der Waals surface area contributed by atoms with Crippen molar-refractivity contribution in [2.45, 2.75) is 19.9 Å². The summed E-state index contributed by atoms with van der Waals surface area (Å²) in [4.78, 5) is 22.4. The molecule has 1 amide bonds. The van der Waals surface area contributed by atoms with Crippen LogP contribution in [0.3, 0.4) is 0 Å². The Balaban J connectivity index is 1.89. The summed E-state index contributed by atoms with van der Waals surface area (Å²) in [5.74, 6) is -1.23. The molecule has 1 aromatic rings. The van der Waals surface area contributed by atoms with Gasteiger partial charge in [-0.2, -0.15) is 0 Å². The summed E-state index contributed by atoms with van der Waals surface area (Å²) < 4.78 is 5.46. The molecule has 0 aromatic heterocycles. The second-order valence-electron chi connectivity index (χ2n) is 4.55. The lowest BCUT2D eigenvalue weighted by Crippen LogP contribution is -2.26. The predicted octanol–water partition coefficient (Wildman–Crippen LogP) is 1.42. The number of hydrogen-bond acceptors (Lipinski definition) is 3. The van der Waals surface area contributed by atoms with Crippen molar-refractivity contribution in [1.82, 2.24) is 5.32 Å². The molecule has 1 aliphatic rings. The number of carbonyl (C=O) groups is 2. The molecule has 0 unspecified atom stereocenters. The van der Waals surface area contributed by atoms with Crippen molar-refractivity contribution in [3.8, 4) is 5.75 Å². The zero-order valence-electron chi connectivity index (χ0n) is 10.8. The summed E-state index contributed by atoms with van der Waals surface area (Å²) in [6.07, 6.45) is 0.439. The summed E-state index contributed by atoms with van der Waals surface area (Å²) in [6, 6.07) is 7.48. The van der Waals surface area contributed by atoms with Crippen molar-refractivity contribution in [1.29, 1.82) is 0 Å². The van der Waals surface area contributed by atoms with E-state index in [1.807, 2.05) is 31.2 Å². The summed E-state index contributed by atoms with van der Waals surface area (Å²) in [5.41, 5.74) is 0.894. The van der Waals surface area contributed by atoms with Crippen molar-refractivity contribution in [2.75, 3.05) is 6.61 Å². The topological polar surface area (TPSA) is 75.6 Å². The fourth-order valence-corrected chi connectivity index (χ4v) is 2.02. The summed E-state index contributed by atoms with van der Waals surface area (Å²) in [5, 5.41) is 11.5. The fraction of sp³-hybridized carbons (Fsp3) is 0.429. The van der Waals surface area contributed by atoms with Crippen LogP contribution in [-0.2, 0) is 16.1 Å². The van der Waals surface area contributed by atoms with Gasteiger partial charge in [-0.25, -0.2) is 0 Å². The van der Waals surface area contributed by atoms with E-state index in [1.165, 1.54) is 0 Å². The molecule has 1 fully saturated rings. The van der Waals surface area contributed by atoms with E-state index in [0.717, 1.165) is 11.3 Å². The number of hydrogen-bond donors (Lipinski definition) is 2. The number of para-hydroxylation sites is 1. The molecule has 5 nitrogen and oxygen atoms in total. The van der Waals surface area contributed by atoms with Gasteiger partial charge in [-0.1, -0.05) is 18.2 Å². The predicted molar refractivity (Wildman–Crippen MR) is 68.7 cm³/mol. The maximum atomic E-state index is 11.7. The quantitative estimate of drug-likeness (QED) is 0.814. The Bertz CT molecular complexity index is 486. The summed E-state index contributed by atoms with van der Waals surface area (Å²) >= 11 is 0. The number of aliphatic carboxylic acids is 1. The molecule has 0 aliphatic heterocycles. The Morgan fingerprint density at radius 2 is 2.11 bits per heavy atom. The van der Waals surface area contributed by atoms with E-state index in [2.05, 4.69) is 5.32 Å². The number of amides is 1. The molecule has 2 N–H and O–H groups in total. The first-order valence-electron chi connectivity index (χ1n) is 6.34. The smallest absolute Gasteiger partial charge is 0.307 e. The molecule has 102 valence electrons. The van der Waals surface area contributed by atoms with Crippen LogP contribution in [0.5, 0.6) is 5.75 Å². The van der Waals surface area contributed by atoms with Gasteiger partial charge in [0, 0.05) is 12.1 Å². The Morgan fingerprint density at radius 1 is 1.37 bits per heavy atom. The molecule has 19 heavy (non-hydrogen) atoms. The van der Waals surface area contributed by atoms with Gasteiger partial charge in [0.15, 0.2) is 0 Å². The van der Waals surface area contributed by atoms with Crippen molar-refractivity contribution in [2.24, 2.45) is 11.8 Å². The highest BCUT2D eigenvalue weighted by atomic mass is 16.5. The lowest BCUT2D eigenvalue weighted by atomic mass is 10.2. The van der Waals surface area contributed by atoms with Gasteiger partial charge in [0.2, 0.25) is 5.91 Å². The van der Waals surface area contributed by atoms with Crippen LogP contribution in [0.1, 0.15) is 18.9 Å². The first kappa shape index (κ1) is 13.4. The molecule has 0 spiro atoms. The van der Waals surface area contributed by atoms with Crippen LogP contribution in [0.25, 0.3) is 0 Å². The molecule has 1 aromatic carbocycles. The van der Waals surface area contributed by atoms with E-state index in [9.17, 15) is 9.59 Å². The maximum Gasteiger partial charge on any atom is 0.307 e. The molecule has 2 rings (SSSR count). The van der Waals surface area contributed by atoms with E-state index in [0.29, 0.717) is 19.6 Å². The minimum absolute atomic E-state index is 0.196. The Kier molecular flexibility index (Phi) is 4.04. The molecule has 1 saturated carbocycles. The zero-order valence-corrected chi connectivity index (χ0v) is 10.8. The molecular weight excluding hydrogens is 246 g/mol. The zero-order chi connectivity index (χ0) is 13.8. The minimum atomic E-state index is -0.894. The SMILES string of the molecule is CCOc1ccccc1CNC(=O)[C@@H]1C[C@H]1C(=O)O. The first-order valence-corrected chi connectivity index (χ1v) is 6.34. The average molecular weight is 263 g/mol. The number of ether oxygens (including phenoxy) is 1. The van der Waals surface area contributed by atoms with Crippen molar-refractivity contribution < 1.29 is 19.4 Å². The highest BCUT2D eigenvalue weighted by Gasteiger charge is 2.48. The van der Waals surface area contributed by atoms with Crippen LogP contribution in [-0.4, -0.2) is 23.6 Å². The third-order valence-corrected chi connectivity index (χ3v) is 3.17. The second-order valence-corrected chi connectivity index (χ2v) is 4.55. The van der Waals surface area contributed by atoms with Gasteiger partial charge in [0.1, 0.15) is 5.75 Å². The molecule has 0 saturated heterocycles. The van der Waals surface area contributed by atoms with Crippen molar-refractivity contribution in [3.05, 3.63) is 29.8 Å². The fourth-order valence-electron chi connectivity index (χ4n) is 2.02. The third kappa shape index (κ3) is 3.24.